The Morgan fingerprint density at radius 3 is 1.33 bits per heavy atom. The molecule has 1 nitrogen and oxygen atoms in total. The minimum absolute atomic E-state index is 0.664. The van der Waals surface area contributed by atoms with Crippen molar-refractivity contribution in [2.75, 3.05) is 0 Å². The molecular formula is C22H15OP. The van der Waals surface area contributed by atoms with Crippen molar-refractivity contribution in [1.82, 2.24) is 0 Å². The molecule has 2 heteroatoms. The smallest absolute Gasteiger partial charge is 0.251 e. The summed E-state index contributed by atoms with van der Waals surface area (Å²) in [6, 6.07) is 28.3. The molecule has 0 bridgehead atoms. The third-order valence-electron chi connectivity index (χ3n) is 3.38. The second-order valence-corrected chi connectivity index (χ2v) is 7.33. The topological polar surface area (TPSA) is 17.1 Å². The number of rotatable bonds is 1. The molecule has 0 heterocycles. The molecule has 24 heavy (non-hydrogen) atoms. The van der Waals surface area contributed by atoms with Crippen LogP contribution in [0.4, 0.5) is 0 Å². The summed E-state index contributed by atoms with van der Waals surface area (Å²) < 4.78 is 13.4. The normalized spacial score (nSPS) is 10.0. The lowest BCUT2D eigenvalue weighted by molar-refractivity contribution is 0.593. The zero-order valence-corrected chi connectivity index (χ0v) is 13.9. The van der Waals surface area contributed by atoms with E-state index < -0.39 is 7.14 Å². The van der Waals surface area contributed by atoms with Crippen molar-refractivity contribution in [3.05, 3.63) is 102 Å². The van der Waals surface area contributed by atoms with Crippen molar-refractivity contribution in [3.63, 3.8) is 0 Å². The molecule has 0 spiro atoms. The lowest BCUT2D eigenvalue weighted by Crippen LogP contribution is -2.00. The second kappa shape index (κ2) is 7.52. The third-order valence-corrected chi connectivity index (χ3v) is 5.26. The molecule has 3 rings (SSSR count). The summed E-state index contributed by atoms with van der Waals surface area (Å²) in [5.41, 5.74) is 7.52. The molecule has 0 saturated heterocycles. The molecule has 114 valence electrons. The Balaban J connectivity index is 2.05. The van der Waals surface area contributed by atoms with Crippen LogP contribution in [0.2, 0.25) is 0 Å². The van der Waals surface area contributed by atoms with Gasteiger partial charge in [-0.25, -0.2) is 0 Å². The Hall–Kier alpha value is -2.99. The van der Waals surface area contributed by atoms with Crippen molar-refractivity contribution in [2.24, 2.45) is 0 Å². The predicted octanol–water partition coefficient (Wildman–Crippen LogP) is 4.69. The van der Waals surface area contributed by atoms with Crippen LogP contribution in [0, 0.1) is 23.2 Å². The number of benzene rings is 3. The van der Waals surface area contributed by atoms with Crippen LogP contribution in [-0.4, -0.2) is 0 Å². The maximum absolute atomic E-state index is 13.4. The van der Waals surface area contributed by atoms with E-state index in [1.165, 1.54) is 0 Å². The summed E-state index contributed by atoms with van der Waals surface area (Å²) in [7, 11) is -3.12. The highest BCUT2D eigenvalue weighted by atomic mass is 31.2. The van der Waals surface area contributed by atoms with E-state index in [1.807, 2.05) is 91.0 Å². The Morgan fingerprint density at radius 2 is 0.917 bits per heavy atom. The van der Waals surface area contributed by atoms with Gasteiger partial charge in [-0.3, -0.25) is 4.57 Å². The van der Waals surface area contributed by atoms with E-state index in [0.29, 0.717) is 5.30 Å². The van der Waals surface area contributed by atoms with Crippen LogP contribution >= 0.6 is 7.14 Å². The third kappa shape index (κ3) is 4.05. The number of hydrogen-bond donors (Lipinski definition) is 0. The van der Waals surface area contributed by atoms with E-state index >= 15 is 0 Å². The Kier molecular flexibility index (Phi) is 4.98. The van der Waals surface area contributed by atoms with Crippen molar-refractivity contribution in [3.8, 4) is 23.2 Å². The van der Waals surface area contributed by atoms with Crippen molar-refractivity contribution in [1.29, 1.82) is 0 Å². The van der Waals surface area contributed by atoms with Gasteiger partial charge in [-0.2, -0.15) is 0 Å². The zero-order valence-electron chi connectivity index (χ0n) is 13.0. The summed E-state index contributed by atoms with van der Waals surface area (Å²) in [6.45, 7) is 0. The van der Waals surface area contributed by atoms with Crippen LogP contribution in [-0.2, 0) is 4.57 Å². The van der Waals surface area contributed by atoms with E-state index in [-0.39, 0.29) is 0 Å². The molecule has 0 aliphatic carbocycles. The van der Waals surface area contributed by atoms with Crippen LogP contribution in [0.25, 0.3) is 0 Å². The fraction of sp³-hybridized carbons (Fsp3) is 0. The molecule has 0 radical (unpaired) electrons. The summed E-state index contributed by atoms with van der Waals surface area (Å²) >= 11 is 0. The second-order valence-electron chi connectivity index (χ2n) is 5.15. The highest BCUT2D eigenvalue weighted by molar-refractivity contribution is 7.80. The zero-order chi connectivity index (χ0) is 16.7. The maximum Gasteiger partial charge on any atom is 0.251 e. The number of hydrogen-bond acceptors (Lipinski definition) is 1. The van der Waals surface area contributed by atoms with Gasteiger partial charge in [0.15, 0.2) is 0 Å². The lowest BCUT2D eigenvalue weighted by atomic mass is 10.2. The highest BCUT2D eigenvalue weighted by Gasteiger charge is 2.18. The van der Waals surface area contributed by atoms with Gasteiger partial charge in [0, 0.05) is 16.4 Å². The quantitative estimate of drug-likeness (QED) is 0.468. The molecule has 0 aliphatic rings. The first kappa shape index (κ1) is 15.9. The molecule has 0 unspecified atom stereocenters. The van der Waals surface area contributed by atoms with E-state index in [2.05, 4.69) is 23.2 Å². The molecule has 3 aromatic rings. The summed E-state index contributed by atoms with van der Waals surface area (Å²) in [5, 5.41) is 0.664. The van der Waals surface area contributed by atoms with Gasteiger partial charge in [-0.15, -0.1) is 0 Å². The fourth-order valence-corrected chi connectivity index (χ4v) is 3.60. The van der Waals surface area contributed by atoms with Crippen molar-refractivity contribution < 1.29 is 4.57 Å². The molecule has 3 aromatic carbocycles. The fourth-order valence-electron chi connectivity index (χ4n) is 2.12. The van der Waals surface area contributed by atoms with Crippen LogP contribution in [0.3, 0.4) is 0 Å². The standard InChI is InChI=1S/C22H15OP/c23-24(22-14-8-3-9-15-22,18-16-20-10-4-1-5-11-20)19-17-21-12-6-2-7-13-21/h1-15H. The van der Waals surface area contributed by atoms with Crippen LogP contribution in [0.15, 0.2) is 91.0 Å². The molecular weight excluding hydrogens is 311 g/mol. The minimum Gasteiger partial charge on any atom is -0.291 e. The van der Waals surface area contributed by atoms with Gasteiger partial charge in [-0.05, 0) is 47.7 Å². The van der Waals surface area contributed by atoms with E-state index in [9.17, 15) is 4.57 Å². The SMILES string of the molecule is O=P(C#Cc1ccccc1)(C#Cc1ccccc1)c1ccccc1. The van der Waals surface area contributed by atoms with Crippen LogP contribution < -0.4 is 5.30 Å². The maximum atomic E-state index is 13.4. The minimum atomic E-state index is -3.12. The van der Waals surface area contributed by atoms with E-state index in [4.69, 9.17) is 0 Å². The average molecular weight is 326 g/mol. The van der Waals surface area contributed by atoms with Gasteiger partial charge in [0.25, 0.3) is 7.14 Å². The lowest BCUT2D eigenvalue weighted by Gasteiger charge is -2.04. The first-order valence-corrected chi connectivity index (χ1v) is 9.29. The Bertz CT molecular complexity index is 908. The van der Waals surface area contributed by atoms with Gasteiger partial charge in [0.1, 0.15) is 0 Å². The first-order chi connectivity index (χ1) is 11.8. The molecule has 0 fully saturated rings. The molecule has 0 amide bonds. The summed E-state index contributed by atoms with van der Waals surface area (Å²) in [5.74, 6) is 6.01. The van der Waals surface area contributed by atoms with Gasteiger partial charge < -0.3 is 0 Å². The molecule has 0 saturated carbocycles. The molecule has 0 aliphatic heterocycles. The largest absolute Gasteiger partial charge is 0.291 e. The van der Waals surface area contributed by atoms with Crippen LogP contribution in [0.5, 0.6) is 0 Å². The van der Waals surface area contributed by atoms with E-state index in [1.54, 1.807) is 0 Å². The Morgan fingerprint density at radius 1 is 0.542 bits per heavy atom. The van der Waals surface area contributed by atoms with Crippen molar-refractivity contribution in [2.45, 2.75) is 0 Å². The van der Waals surface area contributed by atoms with E-state index in [0.717, 1.165) is 11.1 Å². The summed E-state index contributed by atoms with van der Waals surface area (Å²) in [6.07, 6.45) is 0. The first-order valence-electron chi connectivity index (χ1n) is 7.59. The average Bonchev–Trinajstić information content (AvgIpc) is 2.67. The monoisotopic (exact) mass is 326 g/mol. The van der Waals surface area contributed by atoms with Gasteiger partial charge in [0.05, 0.1) is 0 Å². The Labute approximate surface area is 142 Å². The molecule has 0 N–H and O–H groups in total. The van der Waals surface area contributed by atoms with Gasteiger partial charge >= 0.3 is 0 Å². The van der Waals surface area contributed by atoms with Gasteiger partial charge in [-0.1, -0.05) is 66.4 Å². The molecule has 0 aromatic heterocycles. The van der Waals surface area contributed by atoms with Gasteiger partial charge in [0.2, 0.25) is 0 Å². The van der Waals surface area contributed by atoms with Crippen molar-refractivity contribution >= 4 is 12.4 Å². The molecule has 0 atom stereocenters. The predicted molar refractivity (Wildman–Crippen MR) is 100 cm³/mol. The highest BCUT2D eigenvalue weighted by Crippen LogP contribution is 2.41. The van der Waals surface area contributed by atoms with Crippen LogP contribution in [0.1, 0.15) is 11.1 Å². The summed E-state index contributed by atoms with van der Waals surface area (Å²) in [4.78, 5) is 0.